The predicted octanol–water partition coefficient (Wildman–Crippen LogP) is 2.58. The van der Waals surface area contributed by atoms with Crippen LogP contribution in [0.1, 0.15) is 39.5 Å². The van der Waals surface area contributed by atoms with E-state index < -0.39 is 0 Å². The molecule has 1 nitrogen and oxygen atoms in total. The Kier molecular flexibility index (Phi) is 2.22. The first-order valence-electron chi connectivity index (χ1n) is 5.21. The monoisotopic (exact) mass is 165 g/mol. The van der Waals surface area contributed by atoms with Gasteiger partial charge in [0.1, 0.15) is 0 Å². The molecule has 0 spiro atoms. The second kappa shape index (κ2) is 3.21. The largest absolute Gasteiger partial charge is 0.294 e. The van der Waals surface area contributed by atoms with E-state index in [4.69, 9.17) is 0 Å². The minimum absolute atomic E-state index is 0.830. The van der Waals surface area contributed by atoms with Gasteiger partial charge in [0.2, 0.25) is 0 Å². The van der Waals surface area contributed by atoms with E-state index in [1.54, 1.807) is 5.57 Å². The highest BCUT2D eigenvalue weighted by molar-refractivity contribution is 5.11. The molecule has 2 aliphatic rings. The first-order valence-corrected chi connectivity index (χ1v) is 5.21. The van der Waals surface area contributed by atoms with Crippen LogP contribution in [0.4, 0.5) is 0 Å². The van der Waals surface area contributed by atoms with E-state index in [9.17, 15) is 0 Å². The highest BCUT2D eigenvalue weighted by atomic mass is 15.2. The average Bonchev–Trinajstić information content (AvgIpc) is 1.94. The third-order valence-electron chi connectivity index (χ3n) is 3.40. The van der Waals surface area contributed by atoms with Crippen molar-refractivity contribution < 1.29 is 0 Å². The van der Waals surface area contributed by atoms with Gasteiger partial charge in [-0.3, -0.25) is 4.90 Å². The standard InChI is InChI=1S/C11H19N/c1-9-8-10(2)12(9)7-6-11-4-3-5-11/h6,9-10H,3-5,7-8H2,1-2H3. The smallest absolute Gasteiger partial charge is 0.0171 e. The SMILES string of the molecule is CC1CC(C)N1CC=C1CCC1. The molecule has 0 radical (unpaired) electrons. The number of rotatable bonds is 2. The maximum absolute atomic E-state index is 2.59. The zero-order valence-electron chi connectivity index (χ0n) is 8.21. The summed E-state index contributed by atoms with van der Waals surface area (Å²) in [5.74, 6) is 0. The molecule has 1 heterocycles. The molecule has 1 saturated heterocycles. The fourth-order valence-electron chi connectivity index (χ4n) is 2.24. The summed E-state index contributed by atoms with van der Waals surface area (Å²) >= 11 is 0. The molecule has 2 rings (SSSR count). The zero-order chi connectivity index (χ0) is 8.55. The minimum Gasteiger partial charge on any atom is -0.294 e. The Bertz CT molecular complexity index is 181. The molecule has 1 aliphatic heterocycles. The van der Waals surface area contributed by atoms with Crippen LogP contribution in [0, 0.1) is 0 Å². The summed E-state index contributed by atoms with van der Waals surface area (Å²) in [6.07, 6.45) is 8.02. The number of hydrogen-bond acceptors (Lipinski definition) is 1. The molecule has 1 heteroatoms. The lowest BCUT2D eigenvalue weighted by atomic mass is 9.90. The molecule has 68 valence electrons. The quantitative estimate of drug-likeness (QED) is 0.568. The Morgan fingerprint density at radius 2 is 2.00 bits per heavy atom. The fourth-order valence-corrected chi connectivity index (χ4v) is 2.24. The third kappa shape index (κ3) is 1.42. The van der Waals surface area contributed by atoms with Gasteiger partial charge in [-0.25, -0.2) is 0 Å². The van der Waals surface area contributed by atoms with Crippen LogP contribution in [0.5, 0.6) is 0 Å². The Morgan fingerprint density at radius 3 is 2.42 bits per heavy atom. The number of likely N-dealkylation sites (tertiary alicyclic amines) is 1. The number of allylic oxidation sites excluding steroid dienone is 1. The summed E-state index contributed by atoms with van der Waals surface area (Å²) in [6.45, 7) is 5.87. The molecule has 1 saturated carbocycles. The van der Waals surface area contributed by atoms with Crippen molar-refractivity contribution in [3.63, 3.8) is 0 Å². The van der Waals surface area contributed by atoms with E-state index >= 15 is 0 Å². The summed E-state index contributed by atoms with van der Waals surface area (Å²) < 4.78 is 0. The topological polar surface area (TPSA) is 3.24 Å². The molecule has 2 fully saturated rings. The molecule has 12 heavy (non-hydrogen) atoms. The Balaban J connectivity index is 1.78. The number of hydrogen-bond donors (Lipinski definition) is 0. The van der Waals surface area contributed by atoms with Crippen LogP contribution in [0.3, 0.4) is 0 Å². The van der Waals surface area contributed by atoms with Crippen LogP contribution < -0.4 is 0 Å². The molecule has 0 aromatic rings. The predicted molar refractivity (Wildman–Crippen MR) is 52.2 cm³/mol. The van der Waals surface area contributed by atoms with E-state index in [0.29, 0.717) is 0 Å². The minimum atomic E-state index is 0.830. The first-order chi connectivity index (χ1) is 5.77. The molecule has 1 aliphatic carbocycles. The van der Waals surface area contributed by atoms with Gasteiger partial charge in [0, 0.05) is 18.6 Å². The summed E-state index contributed by atoms with van der Waals surface area (Å²) in [6, 6.07) is 1.66. The first kappa shape index (κ1) is 8.31. The van der Waals surface area contributed by atoms with Crippen molar-refractivity contribution >= 4 is 0 Å². The second-order valence-corrected chi connectivity index (χ2v) is 4.35. The van der Waals surface area contributed by atoms with Crippen LogP contribution in [-0.2, 0) is 0 Å². The van der Waals surface area contributed by atoms with Crippen LogP contribution in [0.25, 0.3) is 0 Å². The Hall–Kier alpha value is -0.300. The third-order valence-corrected chi connectivity index (χ3v) is 3.40. The van der Waals surface area contributed by atoms with Crippen LogP contribution in [-0.4, -0.2) is 23.5 Å². The molecule has 0 amide bonds. The van der Waals surface area contributed by atoms with Gasteiger partial charge in [-0.05, 0) is 39.5 Å². The Labute approximate surface area is 75.4 Å². The van der Waals surface area contributed by atoms with Crippen molar-refractivity contribution in [3.8, 4) is 0 Å². The normalized spacial score (nSPS) is 35.7. The van der Waals surface area contributed by atoms with Gasteiger partial charge in [-0.2, -0.15) is 0 Å². The van der Waals surface area contributed by atoms with E-state index in [0.717, 1.165) is 12.1 Å². The van der Waals surface area contributed by atoms with Crippen molar-refractivity contribution in [1.82, 2.24) is 4.90 Å². The molecule has 0 N–H and O–H groups in total. The molecule has 0 aromatic heterocycles. The lowest BCUT2D eigenvalue weighted by Crippen LogP contribution is -2.52. The molecule has 2 atom stereocenters. The maximum Gasteiger partial charge on any atom is 0.0171 e. The van der Waals surface area contributed by atoms with Crippen LogP contribution >= 0.6 is 0 Å². The fraction of sp³-hybridized carbons (Fsp3) is 0.818. The van der Waals surface area contributed by atoms with E-state index in [2.05, 4.69) is 24.8 Å². The van der Waals surface area contributed by atoms with Crippen molar-refractivity contribution in [2.45, 2.75) is 51.6 Å². The van der Waals surface area contributed by atoms with Gasteiger partial charge < -0.3 is 0 Å². The molecule has 0 bridgehead atoms. The maximum atomic E-state index is 2.59. The van der Waals surface area contributed by atoms with Gasteiger partial charge in [0.05, 0.1) is 0 Å². The average molecular weight is 165 g/mol. The molecule has 2 unspecified atom stereocenters. The van der Waals surface area contributed by atoms with Crippen molar-refractivity contribution in [2.24, 2.45) is 0 Å². The van der Waals surface area contributed by atoms with Gasteiger partial charge in [-0.1, -0.05) is 11.6 Å². The van der Waals surface area contributed by atoms with Crippen LogP contribution in [0.15, 0.2) is 11.6 Å². The number of nitrogens with zero attached hydrogens (tertiary/aromatic N) is 1. The van der Waals surface area contributed by atoms with Crippen molar-refractivity contribution in [1.29, 1.82) is 0 Å². The summed E-state index contributed by atoms with van der Waals surface area (Å²) in [7, 11) is 0. The highest BCUT2D eigenvalue weighted by Crippen LogP contribution is 2.28. The summed E-state index contributed by atoms with van der Waals surface area (Å²) in [5.41, 5.74) is 1.70. The van der Waals surface area contributed by atoms with Crippen molar-refractivity contribution in [2.75, 3.05) is 6.54 Å². The van der Waals surface area contributed by atoms with Gasteiger partial charge in [0.25, 0.3) is 0 Å². The van der Waals surface area contributed by atoms with Crippen LogP contribution in [0.2, 0.25) is 0 Å². The lowest BCUT2D eigenvalue weighted by molar-refractivity contribution is 0.0512. The van der Waals surface area contributed by atoms with E-state index in [1.807, 2.05) is 0 Å². The summed E-state index contributed by atoms with van der Waals surface area (Å²) in [4.78, 5) is 2.59. The summed E-state index contributed by atoms with van der Waals surface area (Å²) in [5, 5.41) is 0. The van der Waals surface area contributed by atoms with Gasteiger partial charge in [0.15, 0.2) is 0 Å². The molecular formula is C11H19N. The second-order valence-electron chi connectivity index (χ2n) is 4.35. The van der Waals surface area contributed by atoms with E-state index in [1.165, 1.54) is 32.2 Å². The highest BCUT2D eigenvalue weighted by Gasteiger charge is 2.30. The van der Waals surface area contributed by atoms with Gasteiger partial charge in [-0.15, -0.1) is 0 Å². The Morgan fingerprint density at radius 1 is 1.33 bits per heavy atom. The van der Waals surface area contributed by atoms with Gasteiger partial charge >= 0.3 is 0 Å². The lowest BCUT2D eigenvalue weighted by Gasteiger charge is -2.45. The zero-order valence-corrected chi connectivity index (χ0v) is 8.21. The molecule has 0 aromatic carbocycles. The molecular weight excluding hydrogens is 146 g/mol. The van der Waals surface area contributed by atoms with E-state index in [-0.39, 0.29) is 0 Å². The van der Waals surface area contributed by atoms with Crippen molar-refractivity contribution in [3.05, 3.63) is 11.6 Å².